The number of ether oxygens (including phenoxy) is 1. The van der Waals surface area contributed by atoms with Gasteiger partial charge in [-0.2, -0.15) is 4.98 Å². The third-order valence-corrected chi connectivity index (χ3v) is 5.96. The summed E-state index contributed by atoms with van der Waals surface area (Å²) in [5.74, 6) is 1.69. The van der Waals surface area contributed by atoms with Gasteiger partial charge in [-0.15, -0.1) is 11.8 Å². The zero-order valence-electron chi connectivity index (χ0n) is 15.9. The summed E-state index contributed by atoms with van der Waals surface area (Å²) in [5, 5.41) is 4.60. The number of hydrogen-bond acceptors (Lipinski definition) is 6. The number of thioether (sulfide) groups is 1. The number of aryl methyl sites for hydroxylation is 1. The zero-order chi connectivity index (χ0) is 20.2. The number of carbonyl (C=O) groups excluding carboxylic acids is 1. The lowest BCUT2D eigenvalue weighted by molar-refractivity contribution is -0.0229. The van der Waals surface area contributed by atoms with Gasteiger partial charge in [0.25, 0.3) is 5.91 Å². The van der Waals surface area contributed by atoms with Gasteiger partial charge in [-0.3, -0.25) is 4.79 Å². The van der Waals surface area contributed by atoms with Crippen LogP contribution in [-0.4, -0.2) is 40.6 Å². The van der Waals surface area contributed by atoms with E-state index in [0.29, 0.717) is 47.8 Å². The molecule has 1 fully saturated rings. The summed E-state index contributed by atoms with van der Waals surface area (Å²) in [4.78, 5) is 20.2. The van der Waals surface area contributed by atoms with Crippen LogP contribution in [0.1, 0.15) is 33.7 Å². The van der Waals surface area contributed by atoms with Crippen LogP contribution in [0, 0.1) is 6.92 Å². The van der Waals surface area contributed by atoms with Gasteiger partial charge in [0.1, 0.15) is 6.10 Å². The molecule has 0 aliphatic carbocycles. The van der Waals surface area contributed by atoms with Crippen LogP contribution in [0.15, 0.2) is 57.9 Å². The van der Waals surface area contributed by atoms with E-state index >= 15 is 0 Å². The quantitative estimate of drug-likeness (QED) is 0.555. The van der Waals surface area contributed by atoms with E-state index in [-0.39, 0.29) is 12.0 Å². The highest BCUT2D eigenvalue weighted by Gasteiger charge is 2.27. The molecule has 6 nitrogen and oxygen atoms in total. The standard InChI is InChI=1S/C21H20ClN3O3S/c1-14-23-20(24-28-14)13-29-19-5-3-2-4-17(19)21(26)25-10-11-27-18(12-25)15-6-8-16(22)9-7-15/h2-9,18H,10-13H2,1H3. The molecule has 1 unspecified atom stereocenters. The van der Waals surface area contributed by atoms with Crippen molar-refractivity contribution in [2.24, 2.45) is 0 Å². The highest BCUT2D eigenvalue weighted by Crippen LogP contribution is 2.29. The summed E-state index contributed by atoms with van der Waals surface area (Å²) < 4.78 is 10.9. The smallest absolute Gasteiger partial charge is 0.255 e. The molecule has 0 saturated carbocycles. The third-order valence-electron chi connectivity index (χ3n) is 4.64. The Morgan fingerprint density at radius 2 is 2.03 bits per heavy atom. The summed E-state index contributed by atoms with van der Waals surface area (Å²) in [6, 6.07) is 15.2. The van der Waals surface area contributed by atoms with E-state index in [2.05, 4.69) is 10.1 Å². The van der Waals surface area contributed by atoms with Crippen LogP contribution in [0.4, 0.5) is 0 Å². The van der Waals surface area contributed by atoms with E-state index in [1.54, 1.807) is 6.92 Å². The number of nitrogens with zero attached hydrogens (tertiary/aromatic N) is 3. The van der Waals surface area contributed by atoms with Crippen LogP contribution >= 0.6 is 23.4 Å². The number of aromatic nitrogens is 2. The van der Waals surface area contributed by atoms with Crippen molar-refractivity contribution in [3.63, 3.8) is 0 Å². The second-order valence-corrected chi connectivity index (χ2v) is 8.13. The fraction of sp³-hybridized carbons (Fsp3) is 0.286. The molecule has 4 rings (SSSR count). The van der Waals surface area contributed by atoms with Gasteiger partial charge in [0, 0.05) is 23.4 Å². The molecule has 1 saturated heterocycles. The second kappa shape index (κ2) is 8.98. The Morgan fingerprint density at radius 3 is 2.79 bits per heavy atom. The Balaban J connectivity index is 1.48. The lowest BCUT2D eigenvalue weighted by Crippen LogP contribution is -2.42. The first kappa shape index (κ1) is 19.9. The summed E-state index contributed by atoms with van der Waals surface area (Å²) in [6.07, 6.45) is -0.160. The molecule has 1 aliphatic rings. The Morgan fingerprint density at radius 1 is 1.24 bits per heavy atom. The zero-order valence-corrected chi connectivity index (χ0v) is 17.4. The number of hydrogen-bond donors (Lipinski definition) is 0. The van der Waals surface area contributed by atoms with Gasteiger partial charge < -0.3 is 14.2 Å². The van der Waals surface area contributed by atoms with Crippen molar-refractivity contribution in [2.45, 2.75) is 23.7 Å². The minimum atomic E-state index is -0.160. The van der Waals surface area contributed by atoms with Gasteiger partial charge in [-0.25, -0.2) is 0 Å². The van der Waals surface area contributed by atoms with Crippen LogP contribution in [0.2, 0.25) is 5.02 Å². The first-order chi connectivity index (χ1) is 14.1. The van der Waals surface area contributed by atoms with Gasteiger partial charge in [0.15, 0.2) is 5.82 Å². The Labute approximate surface area is 178 Å². The number of carbonyl (C=O) groups is 1. The number of rotatable bonds is 5. The summed E-state index contributed by atoms with van der Waals surface area (Å²) in [5.41, 5.74) is 1.69. The van der Waals surface area contributed by atoms with Gasteiger partial charge >= 0.3 is 0 Å². The highest BCUT2D eigenvalue weighted by atomic mass is 35.5. The summed E-state index contributed by atoms with van der Waals surface area (Å²) in [7, 11) is 0. The molecular formula is C21H20ClN3O3S. The van der Waals surface area contributed by atoms with E-state index in [0.717, 1.165) is 10.5 Å². The molecule has 2 aromatic carbocycles. The monoisotopic (exact) mass is 429 g/mol. The van der Waals surface area contributed by atoms with E-state index in [9.17, 15) is 4.79 Å². The van der Waals surface area contributed by atoms with Crippen molar-refractivity contribution in [3.8, 4) is 0 Å². The predicted octanol–water partition coefficient (Wildman–Crippen LogP) is 4.54. The molecule has 1 amide bonds. The topological polar surface area (TPSA) is 68.5 Å². The van der Waals surface area contributed by atoms with Crippen LogP contribution in [0.3, 0.4) is 0 Å². The number of morpholine rings is 1. The molecule has 1 atom stereocenters. The maximum atomic E-state index is 13.3. The minimum absolute atomic E-state index is 0.000318. The molecule has 0 N–H and O–H groups in total. The average Bonchev–Trinajstić information content (AvgIpc) is 3.18. The van der Waals surface area contributed by atoms with Crippen molar-refractivity contribution in [2.75, 3.05) is 19.7 Å². The SMILES string of the molecule is Cc1nc(CSc2ccccc2C(=O)N2CCOC(c3ccc(Cl)cc3)C2)no1. The lowest BCUT2D eigenvalue weighted by Gasteiger charge is -2.33. The van der Waals surface area contributed by atoms with Crippen LogP contribution in [-0.2, 0) is 10.5 Å². The molecule has 29 heavy (non-hydrogen) atoms. The van der Waals surface area contributed by atoms with E-state index in [1.165, 1.54) is 11.8 Å². The van der Waals surface area contributed by atoms with Crippen LogP contribution < -0.4 is 0 Å². The molecule has 0 radical (unpaired) electrons. The van der Waals surface area contributed by atoms with Crippen molar-refractivity contribution in [1.82, 2.24) is 15.0 Å². The fourth-order valence-electron chi connectivity index (χ4n) is 3.19. The largest absolute Gasteiger partial charge is 0.370 e. The van der Waals surface area contributed by atoms with Gasteiger partial charge in [-0.05, 0) is 29.8 Å². The van der Waals surface area contributed by atoms with Gasteiger partial charge in [-0.1, -0.05) is 41.0 Å². The predicted molar refractivity (Wildman–Crippen MR) is 111 cm³/mol. The van der Waals surface area contributed by atoms with Gasteiger partial charge in [0.2, 0.25) is 5.89 Å². The average molecular weight is 430 g/mol. The summed E-state index contributed by atoms with van der Waals surface area (Å²) >= 11 is 7.51. The minimum Gasteiger partial charge on any atom is -0.370 e. The van der Waals surface area contributed by atoms with E-state index in [4.69, 9.17) is 20.9 Å². The number of benzene rings is 2. The van der Waals surface area contributed by atoms with Crippen molar-refractivity contribution in [3.05, 3.63) is 76.4 Å². The normalized spacial score (nSPS) is 16.8. The summed E-state index contributed by atoms with van der Waals surface area (Å²) in [6.45, 7) is 3.32. The molecular weight excluding hydrogens is 410 g/mol. The molecule has 0 bridgehead atoms. The van der Waals surface area contributed by atoms with Crippen LogP contribution in [0.25, 0.3) is 0 Å². The third kappa shape index (κ3) is 4.80. The van der Waals surface area contributed by atoms with E-state index < -0.39 is 0 Å². The molecule has 2 heterocycles. The highest BCUT2D eigenvalue weighted by molar-refractivity contribution is 7.98. The maximum absolute atomic E-state index is 13.3. The molecule has 150 valence electrons. The molecule has 0 spiro atoms. The Hall–Kier alpha value is -2.35. The molecule has 8 heteroatoms. The second-order valence-electron chi connectivity index (χ2n) is 6.68. The Bertz CT molecular complexity index is 993. The van der Waals surface area contributed by atoms with Crippen molar-refractivity contribution < 1.29 is 14.1 Å². The van der Waals surface area contributed by atoms with E-state index in [1.807, 2.05) is 53.4 Å². The van der Waals surface area contributed by atoms with Crippen molar-refractivity contribution >= 4 is 29.3 Å². The first-order valence-corrected chi connectivity index (χ1v) is 10.6. The first-order valence-electron chi connectivity index (χ1n) is 9.27. The maximum Gasteiger partial charge on any atom is 0.255 e. The number of halogens is 1. The van der Waals surface area contributed by atoms with Crippen molar-refractivity contribution in [1.29, 1.82) is 0 Å². The lowest BCUT2D eigenvalue weighted by atomic mass is 10.1. The molecule has 1 aliphatic heterocycles. The fourth-order valence-corrected chi connectivity index (χ4v) is 4.21. The molecule has 3 aromatic rings. The Kier molecular flexibility index (Phi) is 6.18. The number of amides is 1. The van der Waals surface area contributed by atoms with Crippen LogP contribution in [0.5, 0.6) is 0 Å². The van der Waals surface area contributed by atoms with Gasteiger partial charge in [0.05, 0.1) is 24.5 Å². The molecule has 1 aromatic heterocycles.